The molecule has 0 radical (unpaired) electrons. The average Bonchev–Trinajstić information content (AvgIpc) is 3.42. The molecule has 0 spiro atoms. The molecule has 146 valence electrons. The zero-order valence-electron chi connectivity index (χ0n) is 15.9. The van der Waals surface area contributed by atoms with Crippen molar-refractivity contribution in [3.8, 4) is 0 Å². The number of carbonyl (C=O) groups excluding carboxylic acids is 2. The molecule has 0 saturated carbocycles. The van der Waals surface area contributed by atoms with Crippen LogP contribution >= 0.6 is 11.3 Å². The summed E-state index contributed by atoms with van der Waals surface area (Å²) in [5.74, 6) is 0.185. The van der Waals surface area contributed by atoms with E-state index in [0.29, 0.717) is 25.2 Å². The Morgan fingerprint density at radius 2 is 2.14 bits per heavy atom. The van der Waals surface area contributed by atoms with Crippen LogP contribution in [0.15, 0.2) is 40.3 Å². The lowest BCUT2D eigenvalue weighted by atomic mass is 10.1. The fourth-order valence-corrected chi connectivity index (χ4v) is 4.46. The molecule has 0 atom stereocenters. The van der Waals surface area contributed by atoms with Gasteiger partial charge in [0.2, 0.25) is 0 Å². The van der Waals surface area contributed by atoms with Crippen LogP contribution in [0.2, 0.25) is 0 Å². The fourth-order valence-electron chi connectivity index (χ4n) is 3.57. The van der Waals surface area contributed by atoms with Gasteiger partial charge in [-0.3, -0.25) is 4.79 Å². The second-order valence-electron chi connectivity index (χ2n) is 6.96. The topological polar surface area (TPSA) is 64.7 Å². The maximum absolute atomic E-state index is 12.5. The van der Waals surface area contributed by atoms with Crippen LogP contribution in [0.1, 0.15) is 37.9 Å². The number of ether oxygens (including phenoxy) is 1. The van der Waals surface area contributed by atoms with Gasteiger partial charge in [-0.25, -0.2) is 4.79 Å². The number of esters is 1. The van der Waals surface area contributed by atoms with E-state index in [4.69, 9.17) is 9.15 Å². The summed E-state index contributed by atoms with van der Waals surface area (Å²) in [5, 5.41) is 2.05. The van der Waals surface area contributed by atoms with Crippen LogP contribution < -0.4 is 0 Å². The van der Waals surface area contributed by atoms with Crippen molar-refractivity contribution in [3.63, 3.8) is 0 Å². The molecule has 28 heavy (non-hydrogen) atoms. The number of carbonyl (C=O) groups is 2. The lowest BCUT2D eigenvalue weighted by molar-refractivity contribution is -0.135. The number of aromatic nitrogens is 1. The van der Waals surface area contributed by atoms with Crippen LogP contribution in [-0.4, -0.2) is 34.5 Å². The second kappa shape index (κ2) is 7.67. The van der Waals surface area contributed by atoms with Gasteiger partial charge in [-0.1, -0.05) is 0 Å². The van der Waals surface area contributed by atoms with Gasteiger partial charge in [0.1, 0.15) is 5.76 Å². The van der Waals surface area contributed by atoms with E-state index < -0.39 is 5.97 Å². The quantitative estimate of drug-likeness (QED) is 0.617. The van der Waals surface area contributed by atoms with Crippen LogP contribution in [0.3, 0.4) is 0 Å². The first kappa shape index (κ1) is 18.6. The number of thiophene rings is 1. The molecular weight excluding hydrogens is 376 g/mol. The van der Waals surface area contributed by atoms with Crippen LogP contribution in [0, 0.1) is 13.8 Å². The van der Waals surface area contributed by atoms with E-state index in [2.05, 4.69) is 11.4 Å². The van der Waals surface area contributed by atoms with E-state index in [0.717, 1.165) is 23.6 Å². The Hall–Kier alpha value is -2.80. The van der Waals surface area contributed by atoms with Crippen LogP contribution in [0.25, 0.3) is 0 Å². The summed E-state index contributed by atoms with van der Waals surface area (Å²) in [6.07, 6.45) is 2.49. The summed E-state index contributed by atoms with van der Waals surface area (Å²) >= 11 is 1.73. The molecule has 6 nitrogen and oxygen atoms in total. The molecule has 1 amide bonds. The van der Waals surface area contributed by atoms with Gasteiger partial charge in [0, 0.05) is 29.4 Å². The average molecular weight is 398 g/mol. The monoisotopic (exact) mass is 398 g/mol. The summed E-state index contributed by atoms with van der Waals surface area (Å²) < 4.78 is 12.7. The minimum Gasteiger partial charge on any atom is -0.467 e. The predicted octanol–water partition coefficient (Wildman–Crippen LogP) is 3.55. The highest BCUT2D eigenvalue weighted by molar-refractivity contribution is 7.10. The highest BCUT2D eigenvalue weighted by atomic mass is 32.1. The smallest absolute Gasteiger partial charge is 0.340 e. The normalized spacial score (nSPS) is 13.4. The summed E-state index contributed by atoms with van der Waals surface area (Å²) in [6.45, 7) is 5.38. The highest BCUT2D eigenvalue weighted by Gasteiger charge is 2.24. The van der Waals surface area contributed by atoms with Crippen LogP contribution in [-0.2, 0) is 29.0 Å². The van der Waals surface area contributed by atoms with Crippen molar-refractivity contribution < 1.29 is 18.7 Å². The van der Waals surface area contributed by atoms with Crippen molar-refractivity contribution in [2.24, 2.45) is 0 Å². The van der Waals surface area contributed by atoms with Gasteiger partial charge in [-0.15, -0.1) is 11.3 Å². The van der Waals surface area contributed by atoms with E-state index >= 15 is 0 Å². The number of amides is 1. The lowest BCUT2D eigenvalue weighted by Crippen LogP contribution is -2.38. The van der Waals surface area contributed by atoms with E-state index in [9.17, 15) is 9.59 Å². The van der Waals surface area contributed by atoms with Crippen molar-refractivity contribution in [2.45, 2.75) is 33.4 Å². The lowest BCUT2D eigenvalue weighted by Gasteiger charge is -2.26. The molecule has 0 unspecified atom stereocenters. The molecule has 0 bridgehead atoms. The molecule has 3 aromatic rings. The van der Waals surface area contributed by atoms with Crippen molar-refractivity contribution in [1.29, 1.82) is 0 Å². The predicted molar refractivity (Wildman–Crippen MR) is 105 cm³/mol. The Morgan fingerprint density at radius 3 is 2.93 bits per heavy atom. The molecule has 0 saturated heterocycles. The second-order valence-corrected chi connectivity index (χ2v) is 7.96. The molecule has 4 heterocycles. The summed E-state index contributed by atoms with van der Waals surface area (Å²) in [6, 6.07) is 7.58. The maximum Gasteiger partial charge on any atom is 0.340 e. The van der Waals surface area contributed by atoms with E-state index in [1.165, 1.54) is 10.4 Å². The highest BCUT2D eigenvalue weighted by Crippen LogP contribution is 2.24. The van der Waals surface area contributed by atoms with Gasteiger partial charge in [0.15, 0.2) is 6.61 Å². The van der Waals surface area contributed by atoms with E-state index in [1.807, 2.05) is 30.5 Å². The van der Waals surface area contributed by atoms with Gasteiger partial charge >= 0.3 is 5.97 Å². The minimum absolute atomic E-state index is 0.158. The zero-order chi connectivity index (χ0) is 19.7. The molecule has 1 aliphatic heterocycles. The Labute approximate surface area is 167 Å². The molecule has 0 aliphatic carbocycles. The number of aryl methyl sites for hydroxylation is 1. The van der Waals surface area contributed by atoms with Crippen molar-refractivity contribution in [1.82, 2.24) is 9.47 Å². The van der Waals surface area contributed by atoms with E-state index in [-0.39, 0.29) is 12.5 Å². The Balaban J connectivity index is 1.38. The first-order valence-electron chi connectivity index (χ1n) is 9.22. The third kappa shape index (κ3) is 3.62. The molecule has 0 aromatic carbocycles. The summed E-state index contributed by atoms with van der Waals surface area (Å²) in [5.41, 5.74) is 3.41. The van der Waals surface area contributed by atoms with Crippen molar-refractivity contribution in [2.75, 3.05) is 13.2 Å². The molecule has 0 N–H and O–H groups in total. The molecule has 1 aliphatic rings. The standard InChI is InChI=1S/C21H22N2O4S/c1-14-10-18(15(2)23(14)12-17-4-3-8-26-17)21(25)27-13-20(24)22-7-5-19-16(11-22)6-9-28-19/h3-4,6,8-10H,5,7,11-13H2,1-2H3. The van der Waals surface area contributed by atoms with Gasteiger partial charge < -0.3 is 18.6 Å². The third-order valence-corrected chi connectivity index (χ3v) is 6.20. The molecule has 0 fully saturated rings. The minimum atomic E-state index is -0.472. The Morgan fingerprint density at radius 1 is 1.29 bits per heavy atom. The van der Waals surface area contributed by atoms with Crippen LogP contribution in [0.4, 0.5) is 0 Å². The molecule has 4 rings (SSSR count). The number of fused-ring (bicyclic) bond motifs is 1. The van der Waals surface area contributed by atoms with Crippen molar-refractivity contribution >= 4 is 23.2 Å². The largest absolute Gasteiger partial charge is 0.467 e. The molecular formula is C21H22N2O4S. The number of furan rings is 1. The van der Waals surface area contributed by atoms with Crippen LogP contribution in [0.5, 0.6) is 0 Å². The molecule has 7 heteroatoms. The van der Waals surface area contributed by atoms with Crippen molar-refractivity contribution in [3.05, 3.63) is 69.1 Å². The molecule has 3 aromatic heterocycles. The Bertz CT molecular complexity index is 1000. The first-order valence-corrected chi connectivity index (χ1v) is 10.1. The number of hydrogen-bond acceptors (Lipinski definition) is 5. The number of hydrogen-bond donors (Lipinski definition) is 0. The maximum atomic E-state index is 12.5. The fraction of sp³-hybridized carbons (Fsp3) is 0.333. The SMILES string of the molecule is Cc1cc(C(=O)OCC(=O)N2CCc3sccc3C2)c(C)n1Cc1ccco1. The summed E-state index contributed by atoms with van der Waals surface area (Å²) in [7, 11) is 0. The van der Waals surface area contributed by atoms with Gasteiger partial charge in [-0.05, 0) is 55.5 Å². The zero-order valence-corrected chi connectivity index (χ0v) is 16.8. The summed E-state index contributed by atoms with van der Waals surface area (Å²) in [4.78, 5) is 28.1. The third-order valence-electron chi connectivity index (χ3n) is 5.17. The van der Waals surface area contributed by atoms with Gasteiger partial charge in [0.25, 0.3) is 5.91 Å². The number of nitrogens with zero attached hydrogens (tertiary/aromatic N) is 2. The first-order chi connectivity index (χ1) is 13.5. The Kier molecular flexibility index (Phi) is 5.09. The van der Waals surface area contributed by atoms with Gasteiger partial charge in [0.05, 0.1) is 18.4 Å². The van der Waals surface area contributed by atoms with Gasteiger partial charge in [-0.2, -0.15) is 0 Å². The van der Waals surface area contributed by atoms with E-state index in [1.54, 1.807) is 28.6 Å². The number of rotatable bonds is 5.